The molecule has 1 saturated heterocycles. The maximum absolute atomic E-state index is 11.5. The Labute approximate surface area is 93.1 Å². The van der Waals surface area contributed by atoms with Gasteiger partial charge in [-0.2, -0.15) is 5.26 Å². The fourth-order valence-electron chi connectivity index (χ4n) is 1.86. The molecule has 1 aromatic rings. The summed E-state index contributed by atoms with van der Waals surface area (Å²) in [5, 5.41) is 11.8. The van der Waals surface area contributed by atoms with Gasteiger partial charge in [-0.3, -0.25) is 9.78 Å². The highest BCUT2D eigenvalue weighted by atomic mass is 16.5. The van der Waals surface area contributed by atoms with E-state index in [1.54, 1.807) is 12.3 Å². The molecule has 1 N–H and O–H groups in total. The van der Waals surface area contributed by atoms with Gasteiger partial charge in [0.1, 0.15) is 17.4 Å². The van der Waals surface area contributed by atoms with Gasteiger partial charge in [-0.25, -0.2) is 0 Å². The van der Waals surface area contributed by atoms with Crippen LogP contribution in [0.15, 0.2) is 12.3 Å². The maximum Gasteiger partial charge on any atom is 0.229 e. The van der Waals surface area contributed by atoms with Crippen LogP contribution in [0.4, 0.5) is 0 Å². The van der Waals surface area contributed by atoms with Crippen molar-refractivity contribution in [3.63, 3.8) is 0 Å². The van der Waals surface area contributed by atoms with E-state index >= 15 is 0 Å². The SMILES string of the molecule is COc1ccnc(C2CCNC2=O)c1C#N. The van der Waals surface area contributed by atoms with E-state index < -0.39 is 0 Å². The molecule has 1 fully saturated rings. The molecule has 0 aromatic carbocycles. The zero-order chi connectivity index (χ0) is 11.5. The third kappa shape index (κ3) is 1.58. The Morgan fingerprint density at radius 2 is 2.50 bits per heavy atom. The summed E-state index contributed by atoms with van der Waals surface area (Å²) in [4.78, 5) is 15.7. The van der Waals surface area contributed by atoms with Crippen LogP contribution in [0.2, 0.25) is 0 Å². The first-order chi connectivity index (χ1) is 7.77. The molecule has 1 amide bonds. The van der Waals surface area contributed by atoms with Gasteiger partial charge in [-0.15, -0.1) is 0 Å². The molecule has 0 saturated carbocycles. The molecule has 2 heterocycles. The standard InChI is InChI=1S/C11H11N3O2/c1-16-9-3-5-13-10(8(9)6-12)7-2-4-14-11(7)15/h3,5,7H,2,4H2,1H3,(H,14,15). The number of pyridine rings is 1. The van der Waals surface area contributed by atoms with Gasteiger partial charge in [-0.1, -0.05) is 0 Å². The number of carbonyl (C=O) groups excluding carboxylic acids is 1. The minimum atomic E-state index is -0.329. The van der Waals surface area contributed by atoms with Crippen LogP contribution in [0.5, 0.6) is 5.75 Å². The summed E-state index contributed by atoms with van der Waals surface area (Å²) in [5.41, 5.74) is 0.865. The molecular weight excluding hydrogens is 206 g/mol. The highest BCUT2D eigenvalue weighted by Crippen LogP contribution is 2.29. The summed E-state index contributed by atoms with van der Waals surface area (Å²) >= 11 is 0. The van der Waals surface area contributed by atoms with E-state index in [0.717, 1.165) is 0 Å². The Bertz CT molecular complexity index is 465. The van der Waals surface area contributed by atoms with E-state index in [9.17, 15) is 4.79 Å². The van der Waals surface area contributed by atoms with E-state index in [0.29, 0.717) is 30.0 Å². The minimum absolute atomic E-state index is 0.0720. The van der Waals surface area contributed by atoms with Crippen LogP contribution in [0.25, 0.3) is 0 Å². The number of amides is 1. The van der Waals surface area contributed by atoms with Crippen molar-refractivity contribution in [3.05, 3.63) is 23.5 Å². The van der Waals surface area contributed by atoms with Crippen LogP contribution < -0.4 is 10.1 Å². The average Bonchev–Trinajstić information content (AvgIpc) is 2.74. The molecule has 16 heavy (non-hydrogen) atoms. The first kappa shape index (κ1) is 10.4. The van der Waals surface area contributed by atoms with E-state index in [2.05, 4.69) is 10.3 Å². The lowest BCUT2D eigenvalue weighted by atomic mass is 9.98. The molecule has 1 aliphatic rings. The Morgan fingerprint density at radius 3 is 3.06 bits per heavy atom. The van der Waals surface area contributed by atoms with Crippen LogP contribution in [-0.4, -0.2) is 24.5 Å². The van der Waals surface area contributed by atoms with Gasteiger partial charge in [0.05, 0.1) is 18.7 Å². The van der Waals surface area contributed by atoms with Crippen molar-refractivity contribution in [1.29, 1.82) is 5.26 Å². The van der Waals surface area contributed by atoms with Crippen molar-refractivity contribution in [1.82, 2.24) is 10.3 Å². The van der Waals surface area contributed by atoms with Gasteiger partial charge in [-0.05, 0) is 12.5 Å². The number of carbonyl (C=O) groups is 1. The molecule has 1 aromatic heterocycles. The van der Waals surface area contributed by atoms with Gasteiger partial charge < -0.3 is 10.1 Å². The maximum atomic E-state index is 11.5. The van der Waals surface area contributed by atoms with Crippen LogP contribution >= 0.6 is 0 Å². The molecule has 0 bridgehead atoms. The average molecular weight is 217 g/mol. The van der Waals surface area contributed by atoms with Crippen molar-refractivity contribution in [2.45, 2.75) is 12.3 Å². The summed E-state index contributed by atoms with van der Waals surface area (Å²) in [7, 11) is 1.49. The quantitative estimate of drug-likeness (QED) is 0.785. The highest BCUT2D eigenvalue weighted by molar-refractivity contribution is 5.86. The van der Waals surface area contributed by atoms with Crippen LogP contribution in [0.3, 0.4) is 0 Å². The molecule has 1 aliphatic heterocycles. The smallest absolute Gasteiger partial charge is 0.229 e. The molecule has 82 valence electrons. The van der Waals surface area contributed by atoms with Crippen molar-refractivity contribution in [3.8, 4) is 11.8 Å². The van der Waals surface area contributed by atoms with E-state index in [1.807, 2.05) is 6.07 Å². The van der Waals surface area contributed by atoms with Gasteiger partial charge in [0, 0.05) is 12.7 Å². The van der Waals surface area contributed by atoms with Crippen LogP contribution in [-0.2, 0) is 4.79 Å². The van der Waals surface area contributed by atoms with Crippen LogP contribution in [0, 0.1) is 11.3 Å². The van der Waals surface area contributed by atoms with E-state index in [1.165, 1.54) is 7.11 Å². The Morgan fingerprint density at radius 1 is 1.69 bits per heavy atom. The van der Waals surface area contributed by atoms with Crippen molar-refractivity contribution in [2.75, 3.05) is 13.7 Å². The fourth-order valence-corrected chi connectivity index (χ4v) is 1.86. The summed E-state index contributed by atoms with van der Waals surface area (Å²) in [5.74, 6) is 0.0641. The number of nitrogens with zero attached hydrogens (tertiary/aromatic N) is 2. The molecule has 0 spiro atoms. The molecule has 1 atom stereocenters. The lowest BCUT2D eigenvalue weighted by molar-refractivity contribution is -0.120. The number of hydrogen-bond donors (Lipinski definition) is 1. The Balaban J connectivity index is 2.48. The molecule has 0 aliphatic carbocycles. The number of nitriles is 1. The highest BCUT2D eigenvalue weighted by Gasteiger charge is 2.30. The lowest BCUT2D eigenvalue weighted by Gasteiger charge is -2.10. The van der Waals surface area contributed by atoms with Crippen LogP contribution in [0.1, 0.15) is 23.6 Å². The first-order valence-corrected chi connectivity index (χ1v) is 4.98. The number of nitrogens with one attached hydrogen (secondary N) is 1. The number of rotatable bonds is 2. The summed E-state index contributed by atoms with van der Waals surface area (Å²) < 4.78 is 5.08. The molecule has 2 rings (SSSR count). The second-order valence-electron chi connectivity index (χ2n) is 3.52. The summed E-state index contributed by atoms with van der Waals surface area (Å²) in [6.07, 6.45) is 2.23. The molecule has 5 heteroatoms. The molecular formula is C11H11N3O2. The number of aromatic nitrogens is 1. The first-order valence-electron chi connectivity index (χ1n) is 4.98. The van der Waals surface area contributed by atoms with Gasteiger partial charge in [0.25, 0.3) is 0 Å². The van der Waals surface area contributed by atoms with Gasteiger partial charge in [0.15, 0.2) is 0 Å². The molecule has 1 unspecified atom stereocenters. The van der Waals surface area contributed by atoms with E-state index in [4.69, 9.17) is 10.00 Å². The Kier molecular flexibility index (Phi) is 2.73. The topological polar surface area (TPSA) is 75.0 Å². The predicted octanol–water partition coefficient (Wildman–Crippen LogP) is 0.565. The molecule has 0 radical (unpaired) electrons. The second-order valence-corrected chi connectivity index (χ2v) is 3.52. The van der Waals surface area contributed by atoms with E-state index in [-0.39, 0.29) is 11.8 Å². The summed E-state index contributed by atoms with van der Waals surface area (Å²) in [6, 6.07) is 3.66. The predicted molar refractivity (Wildman–Crippen MR) is 55.9 cm³/mol. The number of hydrogen-bond acceptors (Lipinski definition) is 4. The zero-order valence-corrected chi connectivity index (χ0v) is 8.86. The lowest BCUT2D eigenvalue weighted by Crippen LogP contribution is -2.19. The van der Waals surface area contributed by atoms with Crippen molar-refractivity contribution < 1.29 is 9.53 Å². The Hall–Kier alpha value is -2.09. The third-order valence-corrected chi connectivity index (χ3v) is 2.65. The fraction of sp³-hybridized carbons (Fsp3) is 0.364. The van der Waals surface area contributed by atoms with Crippen molar-refractivity contribution in [2.24, 2.45) is 0 Å². The van der Waals surface area contributed by atoms with Gasteiger partial charge in [0.2, 0.25) is 5.91 Å². The summed E-state index contributed by atoms with van der Waals surface area (Å²) in [6.45, 7) is 0.632. The minimum Gasteiger partial charge on any atom is -0.495 e. The largest absolute Gasteiger partial charge is 0.495 e. The van der Waals surface area contributed by atoms with Gasteiger partial charge >= 0.3 is 0 Å². The number of methoxy groups -OCH3 is 1. The second kappa shape index (κ2) is 4.19. The molecule has 5 nitrogen and oxygen atoms in total. The third-order valence-electron chi connectivity index (χ3n) is 2.65. The normalized spacial score (nSPS) is 19.0. The monoisotopic (exact) mass is 217 g/mol. The van der Waals surface area contributed by atoms with Crippen molar-refractivity contribution >= 4 is 5.91 Å². The zero-order valence-electron chi connectivity index (χ0n) is 8.86. The number of ether oxygens (including phenoxy) is 1.